The van der Waals surface area contributed by atoms with Crippen LogP contribution in [0.15, 0.2) is 0 Å². The Bertz CT molecular complexity index is 447. The first-order valence-electron chi connectivity index (χ1n) is 6.47. The molecule has 6 heteroatoms. The summed E-state index contributed by atoms with van der Waals surface area (Å²) in [4.78, 5) is 11.4. The van der Waals surface area contributed by atoms with Gasteiger partial charge in [0, 0.05) is 5.41 Å². The van der Waals surface area contributed by atoms with Crippen LogP contribution >= 0.6 is 0 Å². The highest BCUT2D eigenvalue weighted by atomic mass is 16.4. The van der Waals surface area contributed by atoms with Gasteiger partial charge in [0.25, 0.3) is 0 Å². The van der Waals surface area contributed by atoms with E-state index in [2.05, 4.69) is 22.4 Å². The zero-order valence-electron chi connectivity index (χ0n) is 11.2. The fourth-order valence-electron chi connectivity index (χ4n) is 2.77. The summed E-state index contributed by atoms with van der Waals surface area (Å²) in [6, 6.07) is 0. The van der Waals surface area contributed by atoms with Crippen LogP contribution in [0, 0.1) is 0 Å². The van der Waals surface area contributed by atoms with Crippen LogP contribution in [0.3, 0.4) is 0 Å². The van der Waals surface area contributed by atoms with E-state index in [0.717, 1.165) is 37.9 Å². The molecular weight excluding hydrogens is 232 g/mol. The van der Waals surface area contributed by atoms with Gasteiger partial charge >= 0.3 is 5.97 Å². The van der Waals surface area contributed by atoms with Crippen molar-refractivity contribution < 1.29 is 9.90 Å². The van der Waals surface area contributed by atoms with Crippen LogP contribution in [0.25, 0.3) is 0 Å². The standard InChI is InChI=1S/C12H20N4O2/c1-4-12(7-5-6-8-12)9-13-14-15-16(9)11(2,3)10(17)18/h4-8H2,1-3H3,(H,17,18). The predicted octanol–water partition coefficient (Wildman–Crippen LogP) is 1.71. The molecule has 1 aromatic rings. The number of aromatic nitrogens is 4. The molecule has 1 saturated carbocycles. The maximum Gasteiger partial charge on any atom is 0.331 e. The fraction of sp³-hybridized carbons (Fsp3) is 0.833. The molecule has 2 rings (SSSR count). The Balaban J connectivity index is 2.48. The van der Waals surface area contributed by atoms with Gasteiger partial charge in [0.2, 0.25) is 0 Å². The molecule has 1 aliphatic carbocycles. The minimum absolute atomic E-state index is 0.0454. The summed E-state index contributed by atoms with van der Waals surface area (Å²) < 4.78 is 1.49. The van der Waals surface area contributed by atoms with Gasteiger partial charge in [-0.3, -0.25) is 0 Å². The maximum atomic E-state index is 11.4. The quantitative estimate of drug-likeness (QED) is 0.882. The Hall–Kier alpha value is -1.46. The summed E-state index contributed by atoms with van der Waals surface area (Å²) in [6.45, 7) is 5.39. The first-order chi connectivity index (χ1) is 8.44. The predicted molar refractivity (Wildman–Crippen MR) is 65.2 cm³/mol. The van der Waals surface area contributed by atoms with Gasteiger partial charge in [0.1, 0.15) is 0 Å². The summed E-state index contributed by atoms with van der Waals surface area (Å²) in [5.74, 6) is -0.185. The van der Waals surface area contributed by atoms with Crippen molar-refractivity contribution in [2.45, 2.75) is 63.8 Å². The molecule has 0 unspecified atom stereocenters. The molecule has 1 aromatic heterocycles. The first kappa shape index (κ1) is 13.0. The number of carboxylic acids is 1. The SMILES string of the molecule is CCC1(c2nnnn2C(C)(C)C(=O)O)CCCC1. The third kappa shape index (κ3) is 1.79. The summed E-state index contributed by atoms with van der Waals surface area (Å²) >= 11 is 0. The first-order valence-corrected chi connectivity index (χ1v) is 6.47. The highest BCUT2D eigenvalue weighted by molar-refractivity contribution is 5.75. The van der Waals surface area contributed by atoms with E-state index in [0.29, 0.717) is 0 Å². The summed E-state index contributed by atoms with van der Waals surface area (Å²) in [7, 11) is 0. The van der Waals surface area contributed by atoms with E-state index in [4.69, 9.17) is 0 Å². The van der Waals surface area contributed by atoms with Crippen LogP contribution in [-0.2, 0) is 15.7 Å². The van der Waals surface area contributed by atoms with Gasteiger partial charge in [-0.05, 0) is 43.5 Å². The van der Waals surface area contributed by atoms with Gasteiger partial charge in [0.05, 0.1) is 0 Å². The summed E-state index contributed by atoms with van der Waals surface area (Å²) in [6.07, 6.45) is 5.35. The largest absolute Gasteiger partial charge is 0.479 e. The number of hydrogen-bond donors (Lipinski definition) is 1. The number of aliphatic carboxylic acids is 1. The van der Waals surface area contributed by atoms with Crippen LogP contribution in [-0.4, -0.2) is 31.3 Å². The van der Waals surface area contributed by atoms with Gasteiger partial charge in [-0.15, -0.1) is 5.10 Å². The number of rotatable bonds is 4. The Kier molecular flexibility index (Phi) is 3.12. The molecule has 0 radical (unpaired) electrons. The van der Waals surface area contributed by atoms with Crippen LogP contribution in [0.5, 0.6) is 0 Å². The Morgan fingerprint density at radius 3 is 2.56 bits per heavy atom. The third-order valence-electron chi connectivity index (χ3n) is 4.23. The zero-order valence-corrected chi connectivity index (χ0v) is 11.2. The summed E-state index contributed by atoms with van der Waals surface area (Å²) in [5.41, 5.74) is -1.15. The molecule has 0 bridgehead atoms. The molecule has 18 heavy (non-hydrogen) atoms. The molecule has 0 saturated heterocycles. The molecular formula is C12H20N4O2. The van der Waals surface area contributed by atoms with Gasteiger partial charge in [-0.1, -0.05) is 19.8 Å². The molecule has 6 nitrogen and oxygen atoms in total. The molecule has 0 aromatic carbocycles. The molecule has 100 valence electrons. The van der Waals surface area contributed by atoms with Crippen LogP contribution in [0.2, 0.25) is 0 Å². The Labute approximate surface area is 106 Å². The van der Waals surface area contributed by atoms with Crippen LogP contribution in [0.1, 0.15) is 58.7 Å². The summed E-state index contributed by atoms with van der Waals surface area (Å²) in [5, 5.41) is 21.1. The van der Waals surface area contributed by atoms with Crippen molar-refractivity contribution in [3.05, 3.63) is 5.82 Å². The van der Waals surface area contributed by atoms with Crippen molar-refractivity contribution in [3.8, 4) is 0 Å². The van der Waals surface area contributed by atoms with E-state index in [1.165, 1.54) is 4.68 Å². The molecule has 1 heterocycles. The Morgan fingerprint density at radius 2 is 2.06 bits per heavy atom. The lowest BCUT2D eigenvalue weighted by molar-refractivity contribution is -0.146. The smallest absolute Gasteiger partial charge is 0.331 e. The second kappa shape index (κ2) is 4.33. The second-order valence-electron chi connectivity index (χ2n) is 5.62. The van der Waals surface area contributed by atoms with Crippen molar-refractivity contribution in [1.82, 2.24) is 20.2 Å². The lowest BCUT2D eigenvalue weighted by Crippen LogP contribution is -2.41. The van der Waals surface area contributed by atoms with E-state index in [1.807, 2.05) is 0 Å². The number of hydrogen-bond acceptors (Lipinski definition) is 4. The van der Waals surface area contributed by atoms with Crippen molar-refractivity contribution in [2.24, 2.45) is 0 Å². The van der Waals surface area contributed by atoms with E-state index in [1.54, 1.807) is 13.8 Å². The molecule has 0 atom stereocenters. The minimum Gasteiger partial charge on any atom is -0.479 e. The average Bonchev–Trinajstić information content (AvgIpc) is 2.98. The van der Waals surface area contributed by atoms with Crippen molar-refractivity contribution in [2.75, 3.05) is 0 Å². The van der Waals surface area contributed by atoms with Crippen molar-refractivity contribution >= 4 is 5.97 Å². The van der Waals surface area contributed by atoms with Gasteiger partial charge in [-0.2, -0.15) is 0 Å². The van der Waals surface area contributed by atoms with Gasteiger partial charge in [0.15, 0.2) is 11.4 Å². The van der Waals surface area contributed by atoms with E-state index < -0.39 is 11.5 Å². The zero-order chi connectivity index (χ0) is 13.4. The number of carbonyl (C=O) groups is 1. The highest BCUT2D eigenvalue weighted by Gasteiger charge is 2.43. The maximum absolute atomic E-state index is 11.4. The number of tetrazole rings is 1. The fourth-order valence-corrected chi connectivity index (χ4v) is 2.77. The van der Waals surface area contributed by atoms with Crippen LogP contribution < -0.4 is 0 Å². The third-order valence-corrected chi connectivity index (χ3v) is 4.23. The molecule has 0 aliphatic heterocycles. The normalized spacial score (nSPS) is 19.1. The van der Waals surface area contributed by atoms with Gasteiger partial charge < -0.3 is 5.11 Å². The number of nitrogens with zero attached hydrogens (tertiary/aromatic N) is 4. The number of carboxylic acid groups (broad SMARTS) is 1. The van der Waals surface area contributed by atoms with Crippen molar-refractivity contribution in [1.29, 1.82) is 0 Å². The lowest BCUT2D eigenvalue weighted by atomic mass is 9.82. The van der Waals surface area contributed by atoms with Gasteiger partial charge in [-0.25, -0.2) is 9.48 Å². The lowest BCUT2D eigenvalue weighted by Gasteiger charge is -2.30. The topological polar surface area (TPSA) is 80.9 Å². The average molecular weight is 252 g/mol. The molecule has 1 aliphatic rings. The molecule has 0 amide bonds. The monoisotopic (exact) mass is 252 g/mol. The van der Waals surface area contributed by atoms with E-state index >= 15 is 0 Å². The second-order valence-corrected chi connectivity index (χ2v) is 5.62. The Morgan fingerprint density at radius 1 is 1.44 bits per heavy atom. The molecule has 1 fully saturated rings. The van der Waals surface area contributed by atoms with E-state index in [9.17, 15) is 9.90 Å². The molecule has 0 spiro atoms. The van der Waals surface area contributed by atoms with Crippen LogP contribution in [0.4, 0.5) is 0 Å². The van der Waals surface area contributed by atoms with E-state index in [-0.39, 0.29) is 5.41 Å². The van der Waals surface area contributed by atoms with Crippen molar-refractivity contribution in [3.63, 3.8) is 0 Å². The minimum atomic E-state index is -1.11. The molecule has 1 N–H and O–H groups in total. The highest BCUT2D eigenvalue weighted by Crippen LogP contribution is 2.43.